The Bertz CT molecular complexity index is 347. The number of rotatable bonds is 0. The molecule has 0 fully saturated rings. The highest BCUT2D eigenvalue weighted by molar-refractivity contribution is 9.09. The molecule has 0 nitrogen and oxygen atoms in total. The SMILES string of the molecule is Cc1cccc2c1CC(Br)C2(F)F. The maximum Gasteiger partial charge on any atom is 0.286 e. The van der Waals surface area contributed by atoms with E-state index in [2.05, 4.69) is 15.9 Å². The fourth-order valence-electron chi connectivity index (χ4n) is 1.76. The molecule has 2 rings (SSSR count). The number of aryl methyl sites for hydroxylation is 1. The molecule has 0 radical (unpaired) electrons. The van der Waals surface area contributed by atoms with Crippen molar-refractivity contribution >= 4 is 15.9 Å². The van der Waals surface area contributed by atoms with Crippen LogP contribution in [0.1, 0.15) is 16.7 Å². The summed E-state index contributed by atoms with van der Waals surface area (Å²) in [5.41, 5.74) is 1.95. The van der Waals surface area contributed by atoms with Gasteiger partial charge in [0, 0.05) is 5.56 Å². The molecule has 1 aliphatic rings. The van der Waals surface area contributed by atoms with Crippen LogP contribution in [0, 0.1) is 6.92 Å². The van der Waals surface area contributed by atoms with Gasteiger partial charge in [0.1, 0.15) is 0 Å². The second-order valence-corrected chi connectivity index (χ2v) is 4.50. The van der Waals surface area contributed by atoms with Crippen LogP contribution in [0.25, 0.3) is 0 Å². The normalized spacial score (nSPS) is 24.5. The first-order valence-corrected chi connectivity index (χ1v) is 5.06. The van der Waals surface area contributed by atoms with E-state index >= 15 is 0 Å². The Balaban J connectivity index is 2.61. The van der Waals surface area contributed by atoms with Gasteiger partial charge in [0.05, 0.1) is 4.83 Å². The van der Waals surface area contributed by atoms with Crippen molar-refractivity contribution in [3.8, 4) is 0 Å². The van der Waals surface area contributed by atoms with Gasteiger partial charge < -0.3 is 0 Å². The van der Waals surface area contributed by atoms with Gasteiger partial charge in [-0.1, -0.05) is 34.1 Å². The predicted octanol–water partition coefficient (Wildman–Crippen LogP) is 3.41. The Hall–Kier alpha value is -0.440. The minimum atomic E-state index is -2.71. The van der Waals surface area contributed by atoms with Crippen molar-refractivity contribution in [2.24, 2.45) is 0 Å². The lowest BCUT2D eigenvalue weighted by atomic mass is 10.0. The second-order valence-electron chi connectivity index (χ2n) is 3.40. The molecule has 1 aromatic carbocycles. The summed E-state index contributed by atoms with van der Waals surface area (Å²) in [5, 5.41) is 0. The maximum absolute atomic E-state index is 13.5. The van der Waals surface area contributed by atoms with Crippen molar-refractivity contribution in [1.82, 2.24) is 0 Å². The third-order valence-corrected chi connectivity index (χ3v) is 3.44. The predicted molar refractivity (Wildman–Crippen MR) is 51.5 cm³/mol. The first-order valence-electron chi connectivity index (χ1n) is 4.14. The summed E-state index contributed by atoms with van der Waals surface area (Å²) in [4.78, 5) is -0.740. The lowest BCUT2D eigenvalue weighted by Gasteiger charge is -2.13. The van der Waals surface area contributed by atoms with Crippen LogP contribution in [0.3, 0.4) is 0 Å². The molecule has 0 bridgehead atoms. The fraction of sp³-hybridized carbons (Fsp3) is 0.400. The highest BCUT2D eigenvalue weighted by atomic mass is 79.9. The van der Waals surface area contributed by atoms with Gasteiger partial charge in [-0.2, -0.15) is 0 Å². The van der Waals surface area contributed by atoms with Gasteiger partial charge in [0.15, 0.2) is 0 Å². The molecule has 0 heterocycles. The monoisotopic (exact) mass is 246 g/mol. The molecular formula is C10H9BrF2. The number of hydrogen-bond acceptors (Lipinski definition) is 0. The molecule has 0 amide bonds. The molecule has 0 N–H and O–H groups in total. The zero-order valence-electron chi connectivity index (χ0n) is 7.15. The topological polar surface area (TPSA) is 0 Å². The summed E-state index contributed by atoms with van der Waals surface area (Å²) >= 11 is 3.02. The minimum absolute atomic E-state index is 0.189. The van der Waals surface area contributed by atoms with Gasteiger partial charge in [0.25, 0.3) is 5.92 Å². The molecule has 0 aliphatic heterocycles. The third kappa shape index (κ3) is 1.21. The van der Waals surface area contributed by atoms with Crippen LogP contribution in [-0.4, -0.2) is 4.83 Å². The zero-order valence-corrected chi connectivity index (χ0v) is 8.74. The van der Waals surface area contributed by atoms with E-state index < -0.39 is 10.7 Å². The Morgan fingerprint density at radius 2 is 2.15 bits per heavy atom. The number of hydrogen-bond donors (Lipinski definition) is 0. The quantitative estimate of drug-likeness (QED) is 0.616. The molecule has 0 spiro atoms. The van der Waals surface area contributed by atoms with E-state index in [4.69, 9.17) is 0 Å². The van der Waals surface area contributed by atoms with E-state index in [1.54, 1.807) is 6.07 Å². The van der Waals surface area contributed by atoms with Gasteiger partial charge in [-0.05, 0) is 24.5 Å². The molecule has 3 heteroatoms. The summed E-state index contributed by atoms with van der Waals surface area (Å²) in [6.07, 6.45) is 0.426. The summed E-state index contributed by atoms with van der Waals surface area (Å²) in [7, 11) is 0. The van der Waals surface area contributed by atoms with Crippen LogP contribution in [0.4, 0.5) is 8.78 Å². The molecular weight excluding hydrogens is 238 g/mol. The minimum Gasteiger partial charge on any atom is -0.200 e. The van der Waals surface area contributed by atoms with E-state index in [-0.39, 0.29) is 5.56 Å². The van der Waals surface area contributed by atoms with Crippen molar-refractivity contribution in [2.45, 2.75) is 24.1 Å². The van der Waals surface area contributed by atoms with Crippen LogP contribution in [0.2, 0.25) is 0 Å². The summed E-state index contributed by atoms with van der Waals surface area (Å²) in [6.45, 7) is 1.87. The molecule has 1 aliphatic carbocycles. The van der Waals surface area contributed by atoms with Crippen LogP contribution in [0.15, 0.2) is 18.2 Å². The Morgan fingerprint density at radius 1 is 1.46 bits per heavy atom. The zero-order chi connectivity index (χ0) is 9.64. The van der Waals surface area contributed by atoms with Gasteiger partial charge in [0.2, 0.25) is 0 Å². The standard InChI is InChI=1S/C10H9BrF2/c1-6-3-2-4-8-7(6)5-9(11)10(8,12)13/h2-4,9H,5H2,1H3. The summed E-state index contributed by atoms with van der Waals surface area (Å²) in [6, 6.07) is 5.08. The first-order chi connectivity index (χ1) is 6.03. The summed E-state index contributed by atoms with van der Waals surface area (Å²) < 4.78 is 26.9. The largest absolute Gasteiger partial charge is 0.286 e. The average Bonchev–Trinajstić information content (AvgIpc) is 2.28. The van der Waals surface area contributed by atoms with E-state index in [0.29, 0.717) is 6.42 Å². The first kappa shape index (κ1) is 9.13. The van der Waals surface area contributed by atoms with E-state index in [1.165, 1.54) is 6.07 Å². The van der Waals surface area contributed by atoms with Crippen molar-refractivity contribution in [3.05, 3.63) is 34.9 Å². The van der Waals surface area contributed by atoms with Crippen molar-refractivity contribution in [3.63, 3.8) is 0 Å². The molecule has 13 heavy (non-hydrogen) atoms. The van der Waals surface area contributed by atoms with Gasteiger partial charge in [-0.3, -0.25) is 0 Å². The van der Waals surface area contributed by atoms with Crippen LogP contribution in [-0.2, 0) is 12.3 Å². The lowest BCUT2D eigenvalue weighted by molar-refractivity contribution is 0.00633. The second kappa shape index (κ2) is 2.77. The number of benzene rings is 1. The number of fused-ring (bicyclic) bond motifs is 1. The Morgan fingerprint density at radius 3 is 2.77 bits per heavy atom. The van der Waals surface area contributed by atoms with Crippen LogP contribution >= 0.6 is 15.9 Å². The van der Waals surface area contributed by atoms with Gasteiger partial charge in [-0.25, -0.2) is 8.78 Å². The van der Waals surface area contributed by atoms with Gasteiger partial charge in [-0.15, -0.1) is 0 Å². The van der Waals surface area contributed by atoms with Crippen molar-refractivity contribution < 1.29 is 8.78 Å². The lowest BCUT2D eigenvalue weighted by Crippen LogP contribution is -2.20. The highest BCUT2D eigenvalue weighted by Crippen LogP contribution is 2.46. The van der Waals surface area contributed by atoms with Crippen LogP contribution in [0.5, 0.6) is 0 Å². The molecule has 0 saturated carbocycles. The fourth-order valence-corrected chi connectivity index (χ4v) is 2.33. The molecule has 0 saturated heterocycles. The van der Waals surface area contributed by atoms with Crippen LogP contribution < -0.4 is 0 Å². The van der Waals surface area contributed by atoms with Crippen molar-refractivity contribution in [1.29, 1.82) is 0 Å². The number of halogens is 3. The van der Waals surface area contributed by atoms with Gasteiger partial charge >= 0.3 is 0 Å². The van der Waals surface area contributed by atoms with Crippen molar-refractivity contribution in [2.75, 3.05) is 0 Å². The average molecular weight is 247 g/mol. The van der Waals surface area contributed by atoms with E-state index in [0.717, 1.165) is 11.1 Å². The molecule has 70 valence electrons. The number of alkyl halides is 3. The molecule has 1 aromatic rings. The molecule has 0 aromatic heterocycles. The molecule has 1 unspecified atom stereocenters. The summed E-state index contributed by atoms with van der Waals surface area (Å²) in [5.74, 6) is -2.71. The molecule has 1 atom stereocenters. The van der Waals surface area contributed by atoms with E-state index in [1.807, 2.05) is 13.0 Å². The Kier molecular flexibility index (Phi) is 1.95. The smallest absolute Gasteiger partial charge is 0.200 e. The Labute approximate surface area is 84.1 Å². The highest BCUT2D eigenvalue weighted by Gasteiger charge is 2.47. The van der Waals surface area contributed by atoms with E-state index in [9.17, 15) is 8.78 Å². The maximum atomic E-state index is 13.5. The third-order valence-electron chi connectivity index (χ3n) is 2.55.